The Morgan fingerprint density at radius 2 is 1.53 bits per heavy atom. The van der Waals surface area contributed by atoms with Gasteiger partial charge in [-0.05, 0) is 60.0 Å². The lowest BCUT2D eigenvalue weighted by atomic mass is 9.98. The van der Waals surface area contributed by atoms with Crippen LogP contribution in [0.25, 0.3) is 16.9 Å². The minimum atomic E-state index is -0.453. The first kappa shape index (κ1) is 24.9. The number of rotatable bonds is 8. The van der Waals surface area contributed by atoms with Gasteiger partial charge in [-0.25, -0.2) is 4.68 Å². The van der Waals surface area contributed by atoms with Gasteiger partial charge in [0.15, 0.2) is 0 Å². The molecule has 1 amide bonds. The molecule has 5 rings (SSSR count). The fourth-order valence-electron chi connectivity index (χ4n) is 4.24. The molecule has 5 aromatic rings. The van der Waals surface area contributed by atoms with Crippen LogP contribution in [0.4, 0.5) is 5.69 Å². The highest BCUT2D eigenvalue weighted by molar-refractivity contribution is 6.30. The average molecular weight is 523 g/mol. The molecule has 0 saturated heterocycles. The van der Waals surface area contributed by atoms with Crippen molar-refractivity contribution < 1.29 is 9.72 Å². The van der Waals surface area contributed by atoms with Gasteiger partial charge in [0.1, 0.15) is 5.69 Å². The van der Waals surface area contributed by atoms with Crippen molar-refractivity contribution in [2.24, 2.45) is 0 Å². The van der Waals surface area contributed by atoms with E-state index >= 15 is 0 Å². The highest BCUT2D eigenvalue weighted by Crippen LogP contribution is 2.26. The van der Waals surface area contributed by atoms with Crippen LogP contribution >= 0.6 is 11.6 Å². The molecule has 0 fully saturated rings. The van der Waals surface area contributed by atoms with Crippen molar-refractivity contribution in [3.63, 3.8) is 0 Å². The van der Waals surface area contributed by atoms with Crippen LogP contribution in [-0.4, -0.2) is 20.6 Å². The van der Waals surface area contributed by atoms with E-state index < -0.39 is 4.92 Å². The molecule has 0 bridgehead atoms. The third-order valence-corrected chi connectivity index (χ3v) is 6.43. The fourth-order valence-corrected chi connectivity index (χ4v) is 4.36. The van der Waals surface area contributed by atoms with Gasteiger partial charge >= 0.3 is 0 Å². The van der Waals surface area contributed by atoms with Crippen LogP contribution in [0.15, 0.2) is 115 Å². The van der Waals surface area contributed by atoms with Gasteiger partial charge in [-0.1, -0.05) is 72.3 Å². The van der Waals surface area contributed by atoms with E-state index in [0.29, 0.717) is 34.1 Å². The number of carbonyl (C=O) groups excluding carboxylic acids is 1. The van der Waals surface area contributed by atoms with Crippen molar-refractivity contribution in [2.75, 3.05) is 0 Å². The average Bonchev–Trinajstić information content (AvgIpc) is 3.40. The van der Waals surface area contributed by atoms with Crippen molar-refractivity contribution in [1.29, 1.82) is 0 Å². The van der Waals surface area contributed by atoms with Crippen LogP contribution in [0.3, 0.4) is 0 Å². The maximum Gasteiger partial charge on any atom is 0.270 e. The van der Waals surface area contributed by atoms with Crippen LogP contribution in [0.1, 0.15) is 27.7 Å². The van der Waals surface area contributed by atoms with Crippen molar-refractivity contribution >= 4 is 23.2 Å². The number of hydrogen-bond donors (Lipinski definition) is 1. The predicted octanol–water partition coefficient (Wildman–Crippen LogP) is 6.81. The molecule has 0 aliphatic rings. The van der Waals surface area contributed by atoms with E-state index in [9.17, 15) is 14.9 Å². The van der Waals surface area contributed by atoms with E-state index in [1.165, 1.54) is 12.1 Å². The summed E-state index contributed by atoms with van der Waals surface area (Å²) < 4.78 is 1.56. The molecule has 0 unspecified atom stereocenters. The first-order chi connectivity index (χ1) is 18.5. The lowest BCUT2D eigenvalue weighted by molar-refractivity contribution is -0.384. The van der Waals surface area contributed by atoms with Crippen molar-refractivity contribution in [3.8, 4) is 16.9 Å². The van der Waals surface area contributed by atoms with Gasteiger partial charge in [-0.3, -0.25) is 14.9 Å². The molecule has 1 N–H and O–H groups in total. The topological polar surface area (TPSA) is 90.1 Å². The molecule has 4 aromatic carbocycles. The number of carbonyl (C=O) groups is 1. The number of non-ortho nitro benzene ring substituents is 1. The highest BCUT2D eigenvalue weighted by Gasteiger charge is 2.22. The summed E-state index contributed by atoms with van der Waals surface area (Å²) in [5, 5.41) is 19.5. The molecular formula is C30H23ClN4O3. The fraction of sp³-hybridized carbons (Fsp3) is 0.0667. The van der Waals surface area contributed by atoms with E-state index in [2.05, 4.69) is 10.4 Å². The van der Waals surface area contributed by atoms with Crippen LogP contribution in [0, 0.1) is 10.1 Å². The summed E-state index contributed by atoms with van der Waals surface area (Å²) in [4.78, 5) is 24.4. The van der Waals surface area contributed by atoms with Gasteiger partial charge in [0, 0.05) is 22.7 Å². The summed E-state index contributed by atoms with van der Waals surface area (Å²) in [6.45, 7) is 0. The van der Waals surface area contributed by atoms with Gasteiger partial charge < -0.3 is 5.32 Å². The number of hydrogen-bond acceptors (Lipinski definition) is 4. The maximum absolute atomic E-state index is 13.8. The lowest BCUT2D eigenvalue weighted by Crippen LogP contribution is -2.31. The molecule has 1 aromatic heterocycles. The molecule has 0 saturated carbocycles. The summed E-state index contributed by atoms with van der Waals surface area (Å²) in [6, 6.07) is 34.3. The molecule has 1 atom stereocenters. The van der Waals surface area contributed by atoms with Crippen molar-refractivity contribution in [3.05, 3.63) is 147 Å². The number of nitrogens with zero attached hydrogens (tertiary/aromatic N) is 3. The summed E-state index contributed by atoms with van der Waals surface area (Å²) >= 11 is 6.09. The number of nitro benzene ring substituents is 1. The summed E-state index contributed by atoms with van der Waals surface area (Å²) in [5.74, 6) is -0.301. The van der Waals surface area contributed by atoms with Crippen LogP contribution in [0.2, 0.25) is 5.02 Å². The quantitative estimate of drug-likeness (QED) is 0.179. The standard InChI is InChI=1S/C30H23ClN4O3/c31-24-13-17-25(18-14-24)34-29(20-28(33-34)23-11-15-26(16-12-23)35(37)38)30(36)32-27(22-9-5-2-6-10-22)19-21-7-3-1-4-8-21/h1-18,20,27H,19H2,(H,32,36)/t27-/m0/s1. The Balaban J connectivity index is 1.52. The highest BCUT2D eigenvalue weighted by atomic mass is 35.5. The second-order valence-corrected chi connectivity index (χ2v) is 9.17. The zero-order valence-corrected chi connectivity index (χ0v) is 21.0. The van der Waals surface area contributed by atoms with Crippen LogP contribution in [-0.2, 0) is 6.42 Å². The zero-order valence-electron chi connectivity index (χ0n) is 20.2. The van der Waals surface area contributed by atoms with Gasteiger partial charge in [0.2, 0.25) is 0 Å². The molecule has 0 aliphatic carbocycles. The molecule has 7 nitrogen and oxygen atoms in total. The third-order valence-electron chi connectivity index (χ3n) is 6.18. The Morgan fingerprint density at radius 1 is 0.895 bits per heavy atom. The van der Waals surface area contributed by atoms with Crippen molar-refractivity contribution in [1.82, 2.24) is 15.1 Å². The first-order valence-electron chi connectivity index (χ1n) is 12.0. The van der Waals surface area contributed by atoms with Gasteiger partial charge in [0.05, 0.1) is 22.3 Å². The third kappa shape index (κ3) is 5.63. The number of halogens is 1. The second kappa shape index (κ2) is 11.1. The number of nitrogens with one attached hydrogen (secondary N) is 1. The smallest absolute Gasteiger partial charge is 0.270 e. The molecule has 0 aliphatic heterocycles. The molecule has 188 valence electrons. The maximum atomic E-state index is 13.8. The minimum Gasteiger partial charge on any atom is -0.344 e. The van der Waals surface area contributed by atoms with Gasteiger partial charge in [-0.2, -0.15) is 5.10 Å². The molecule has 1 heterocycles. The van der Waals surface area contributed by atoms with E-state index in [-0.39, 0.29) is 17.6 Å². The SMILES string of the molecule is O=C(N[C@@H](Cc1ccccc1)c1ccccc1)c1cc(-c2ccc([N+](=O)[O-])cc2)nn1-c1ccc(Cl)cc1. The van der Waals surface area contributed by atoms with E-state index in [1.807, 2.05) is 60.7 Å². The second-order valence-electron chi connectivity index (χ2n) is 8.73. The van der Waals surface area contributed by atoms with E-state index in [1.54, 1.807) is 47.1 Å². The lowest BCUT2D eigenvalue weighted by Gasteiger charge is -2.20. The number of benzene rings is 4. The van der Waals surface area contributed by atoms with Crippen LogP contribution < -0.4 is 5.32 Å². The van der Waals surface area contributed by atoms with Gasteiger partial charge in [0.25, 0.3) is 11.6 Å². The first-order valence-corrected chi connectivity index (χ1v) is 12.4. The summed E-state index contributed by atoms with van der Waals surface area (Å²) in [5.41, 5.74) is 4.22. The Morgan fingerprint density at radius 3 is 2.16 bits per heavy atom. The molecular weight excluding hydrogens is 500 g/mol. The summed E-state index contributed by atoms with van der Waals surface area (Å²) in [6.07, 6.45) is 0.612. The number of nitro groups is 1. The Kier molecular flexibility index (Phi) is 7.28. The molecule has 8 heteroatoms. The van der Waals surface area contributed by atoms with Gasteiger partial charge in [-0.15, -0.1) is 0 Å². The van der Waals surface area contributed by atoms with Crippen molar-refractivity contribution in [2.45, 2.75) is 12.5 Å². The van der Waals surface area contributed by atoms with Crippen LogP contribution in [0.5, 0.6) is 0 Å². The predicted molar refractivity (Wildman–Crippen MR) is 147 cm³/mol. The largest absolute Gasteiger partial charge is 0.344 e. The minimum absolute atomic E-state index is 0.0181. The normalized spacial score (nSPS) is 11.6. The Hall–Kier alpha value is -4.75. The molecule has 0 spiro atoms. The molecule has 0 radical (unpaired) electrons. The Bertz CT molecular complexity index is 1550. The monoisotopic (exact) mass is 522 g/mol. The number of aromatic nitrogens is 2. The summed E-state index contributed by atoms with van der Waals surface area (Å²) in [7, 11) is 0. The van der Waals surface area contributed by atoms with E-state index in [4.69, 9.17) is 11.6 Å². The zero-order chi connectivity index (χ0) is 26.5. The molecule has 38 heavy (non-hydrogen) atoms. The number of amides is 1. The Labute approximate surface area is 224 Å². The van der Waals surface area contributed by atoms with E-state index in [0.717, 1.165) is 11.1 Å².